The van der Waals surface area contributed by atoms with E-state index < -0.39 is 10.0 Å². The third-order valence-electron chi connectivity index (χ3n) is 4.05. The molecule has 0 amide bonds. The number of hydrogen-bond acceptors (Lipinski definition) is 7. The lowest BCUT2D eigenvalue weighted by atomic mass is 10.1. The van der Waals surface area contributed by atoms with Crippen molar-refractivity contribution in [2.24, 2.45) is 5.92 Å². The Labute approximate surface area is 161 Å². The summed E-state index contributed by atoms with van der Waals surface area (Å²) in [5, 5.41) is 7.08. The van der Waals surface area contributed by atoms with Gasteiger partial charge in [0.05, 0.1) is 24.2 Å². The van der Waals surface area contributed by atoms with Crippen LogP contribution in [0.2, 0.25) is 0 Å². The van der Waals surface area contributed by atoms with E-state index in [0.717, 1.165) is 6.42 Å². The zero-order chi connectivity index (χ0) is 20.0. The molecule has 0 aliphatic heterocycles. The Bertz CT molecular complexity index is 845. The molecule has 1 N–H and O–H groups in total. The maximum Gasteiger partial charge on any atom is 0.245 e. The van der Waals surface area contributed by atoms with E-state index in [2.05, 4.69) is 29.3 Å². The van der Waals surface area contributed by atoms with Crippen LogP contribution in [0.15, 0.2) is 27.6 Å². The highest BCUT2D eigenvalue weighted by Crippen LogP contribution is 2.29. The normalized spacial score (nSPS) is 12.0. The van der Waals surface area contributed by atoms with Gasteiger partial charge in [0, 0.05) is 19.5 Å². The summed E-state index contributed by atoms with van der Waals surface area (Å²) in [4.78, 5) is 4.55. The first-order valence-electron chi connectivity index (χ1n) is 9.05. The molecule has 0 aliphatic rings. The molecule has 0 unspecified atom stereocenters. The number of sulfonamides is 1. The largest absolute Gasteiger partial charge is 0.495 e. The van der Waals surface area contributed by atoms with Crippen LogP contribution < -0.4 is 10.1 Å². The zero-order valence-electron chi connectivity index (χ0n) is 16.5. The average Bonchev–Trinajstić information content (AvgIpc) is 3.07. The Hall–Kier alpha value is -2.13. The number of ether oxygens (including phenoxy) is 1. The molecule has 0 radical (unpaired) electrons. The number of nitrogens with one attached hydrogen (secondary N) is 1. The van der Waals surface area contributed by atoms with Crippen molar-refractivity contribution in [3.63, 3.8) is 0 Å². The van der Waals surface area contributed by atoms with E-state index in [1.807, 2.05) is 13.8 Å². The SMILES string of the molecule is CCN(CC)S(=O)(=O)c1ccc(OC)c(NCc2nc(CC(C)C)no2)c1. The van der Waals surface area contributed by atoms with E-state index >= 15 is 0 Å². The second-order valence-corrected chi connectivity index (χ2v) is 8.45. The fourth-order valence-corrected chi connectivity index (χ4v) is 4.16. The summed E-state index contributed by atoms with van der Waals surface area (Å²) in [6.07, 6.45) is 0.740. The van der Waals surface area contributed by atoms with Crippen LogP contribution in [0, 0.1) is 5.92 Å². The Balaban J connectivity index is 2.21. The number of rotatable bonds is 10. The molecule has 1 heterocycles. The van der Waals surface area contributed by atoms with Gasteiger partial charge in [-0.25, -0.2) is 8.42 Å². The lowest BCUT2D eigenvalue weighted by Crippen LogP contribution is -2.30. The Kier molecular flexibility index (Phi) is 7.20. The van der Waals surface area contributed by atoms with Crippen molar-refractivity contribution in [1.82, 2.24) is 14.4 Å². The number of hydrogen-bond donors (Lipinski definition) is 1. The number of methoxy groups -OCH3 is 1. The van der Waals surface area contributed by atoms with Crippen LogP contribution in [0.4, 0.5) is 5.69 Å². The number of anilines is 1. The summed E-state index contributed by atoms with van der Waals surface area (Å²) < 4.78 is 37.5. The summed E-state index contributed by atoms with van der Waals surface area (Å²) in [5.74, 6) is 2.07. The van der Waals surface area contributed by atoms with E-state index in [1.54, 1.807) is 18.2 Å². The minimum Gasteiger partial charge on any atom is -0.495 e. The lowest BCUT2D eigenvalue weighted by molar-refractivity contribution is 0.375. The highest BCUT2D eigenvalue weighted by molar-refractivity contribution is 7.89. The maximum atomic E-state index is 12.7. The average molecular weight is 397 g/mol. The molecular weight excluding hydrogens is 368 g/mol. The highest BCUT2D eigenvalue weighted by Gasteiger charge is 2.23. The standard InChI is InChI=1S/C18H28N4O4S/c1-6-22(7-2)27(23,24)14-8-9-16(25-5)15(11-14)19-12-18-20-17(21-26-18)10-13(3)4/h8-9,11,13,19H,6-7,10,12H2,1-5H3. The highest BCUT2D eigenvalue weighted by atomic mass is 32.2. The van der Waals surface area contributed by atoms with Crippen LogP contribution in [0.1, 0.15) is 39.4 Å². The Morgan fingerprint density at radius 3 is 2.56 bits per heavy atom. The first-order valence-corrected chi connectivity index (χ1v) is 10.5. The van der Waals surface area contributed by atoms with Gasteiger partial charge in [0.15, 0.2) is 5.82 Å². The molecule has 0 atom stereocenters. The van der Waals surface area contributed by atoms with Crippen LogP contribution >= 0.6 is 0 Å². The second kappa shape index (κ2) is 9.18. The van der Waals surface area contributed by atoms with E-state index in [0.29, 0.717) is 42.2 Å². The number of nitrogens with zero attached hydrogens (tertiary/aromatic N) is 3. The molecule has 8 nitrogen and oxygen atoms in total. The Morgan fingerprint density at radius 2 is 1.96 bits per heavy atom. The zero-order valence-corrected chi connectivity index (χ0v) is 17.3. The fourth-order valence-electron chi connectivity index (χ4n) is 2.68. The van der Waals surface area contributed by atoms with Gasteiger partial charge in [-0.05, 0) is 24.1 Å². The van der Waals surface area contributed by atoms with Crippen LogP contribution in [0.25, 0.3) is 0 Å². The number of aromatic nitrogens is 2. The van der Waals surface area contributed by atoms with Crippen molar-refractivity contribution in [3.05, 3.63) is 29.9 Å². The van der Waals surface area contributed by atoms with Crippen LogP contribution in [-0.2, 0) is 23.0 Å². The maximum absolute atomic E-state index is 12.7. The summed E-state index contributed by atoms with van der Waals surface area (Å²) in [6, 6.07) is 4.75. The van der Waals surface area contributed by atoms with Gasteiger partial charge in [0.25, 0.3) is 0 Å². The summed E-state index contributed by atoms with van der Waals surface area (Å²) in [7, 11) is -2.02. The van der Waals surface area contributed by atoms with Gasteiger partial charge in [-0.3, -0.25) is 0 Å². The molecule has 1 aromatic carbocycles. The van der Waals surface area contributed by atoms with Crippen molar-refractivity contribution < 1.29 is 17.7 Å². The third kappa shape index (κ3) is 5.20. The van der Waals surface area contributed by atoms with Crippen molar-refractivity contribution in [3.8, 4) is 5.75 Å². The van der Waals surface area contributed by atoms with Crippen LogP contribution in [0.3, 0.4) is 0 Å². The minimum absolute atomic E-state index is 0.209. The van der Waals surface area contributed by atoms with E-state index in [-0.39, 0.29) is 11.4 Å². The smallest absolute Gasteiger partial charge is 0.245 e. The molecule has 0 saturated heterocycles. The van der Waals surface area contributed by atoms with Crippen molar-refractivity contribution in [2.45, 2.75) is 45.6 Å². The molecule has 0 spiro atoms. The van der Waals surface area contributed by atoms with Gasteiger partial charge in [-0.1, -0.05) is 32.9 Å². The molecule has 9 heteroatoms. The molecule has 1 aromatic heterocycles. The van der Waals surface area contributed by atoms with Crippen LogP contribution in [-0.4, -0.2) is 43.1 Å². The first kappa shape index (κ1) is 21.2. The molecule has 150 valence electrons. The first-order chi connectivity index (χ1) is 12.8. The molecule has 0 aliphatic carbocycles. The van der Waals surface area contributed by atoms with Crippen molar-refractivity contribution in [2.75, 3.05) is 25.5 Å². The third-order valence-corrected chi connectivity index (χ3v) is 6.09. The minimum atomic E-state index is -3.55. The molecular formula is C18H28N4O4S. The van der Waals surface area contributed by atoms with Crippen molar-refractivity contribution >= 4 is 15.7 Å². The van der Waals surface area contributed by atoms with Gasteiger partial charge < -0.3 is 14.6 Å². The molecule has 2 aromatic rings. The molecule has 2 rings (SSSR count). The summed E-state index contributed by atoms with van der Waals surface area (Å²) >= 11 is 0. The van der Waals surface area contributed by atoms with Gasteiger partial charge >= 0.3 is 0 Å². The van der Waals surface area contributed by atoms with Crippen LogP contribution in [0.5, 0.6) is 5.75 Å². The molecule has 0 saturated carbocycles. The Morgan fingerprint density at radius 1 is 1.26 bits per heavy atom. The van der Waals surface area contributed by atoms with Gasteiger partial charge in [-0.15, -0.1) is 0 Å². The quantitative estimate of drug-likeness (QED) is 0.659. The monoisotopic (exact) mass is 396 g/mol. The van der Waals surface area contributed by atoms with E-state index in [9.17, 15) is 8.42 Å². The predicted octanol–water partition coefficient (Wildman–Crippen LogP) is 2.92. The number of benzene rings is 1. The molecule has 0 bridgehead atoms. The van der Waals surface area contributed by atoms with E-state index in [1.165, 1.54) is 11.4 Å². The molecule has 27 heavy (non-hydrogen) atoms. The lowest BCUT2D eigenvalue weighted by Gasteiger charge is -2.19. The van der Waals surface area contributed by atoms with E-state index in [4.69, 9.17) is 9.26 Å². The summed E-state index contributed by atoms with van der Waals surface area (Å²) in [5.41, 5.74) is 0.550. The van der Waals surface area contributed by atoms with Gasteiger partial charge in [0.2, 0.25) is 15.9 Å². The van der Waals surface area contributed by atoms with Gasteiger partial charge in [-0.2, -0.15) is 9.29 Å². The summed E-state index contributed by atoms with van der Waals surface area (Å²) in [6.45, 7) is 8.89. The predicted molar refractivity (Wildman–Crippen MR) is 103 cm³/mol. The topological polar surface area (TPSA) is 97.6 Å². The fraction of sp³-hybridized carbons (Fsp3) is 0.556. The van der Waals surface area contributed by atoms with Gasteiger partial charge in [0.1, 0.15) is 5.75 Å². The van der Waals surface area contributed by atoms with Crippen molar-refractivity contribution in [1.29, 1.82) is 0 Å². The molecule has 0 fully saturated rings. The second-order valence-electron chi connectivity index (χ2n) is 6.51.